The van der Waals surface area contributed by atoms with E-state index in [4.69, 9.17) is 38.9 Å². The third-order valence-electron chi connectivity index (χ3n) is 19.0. The topological polar surface area (TPSA) is 390 Å². The van der Waals surface area contributed by atoms with Gasteiger partial charge in [0.15, 0.2) is 11.4 Å². The van der Waals surface area contributed by atoms with Gasteiger partial charge in [-0.2, -0.15) is 5.10 Å². The van der Waals surface area contributed by atoms with Gasteiger partial charge in [-0.05, 0) is 87.3 Å². The predicted octanol–water partition coefficient (Wildman–Crippen LogP) is 8.88. The van der Waals surface area contributed by atoms with Crippen molar-refractivity contribution in [3.8, 4) is 46.3 Å². The second kappa shape index (κ2) is 33.6. The van der Waals surface area contributed by atoms with E-state index in [9.17, 15) is 68.0 Å². The number of hydrogen-bond donors (Lipinski definition) is 7. The number of alkyl halides is 3. The van der Waals surface area contributed by atoms with E-state index >= 15 is 0 Å². The minimum Gasteiger partial charge on any atom is -0.507 e. The van der Waals surface area contributed by atoms with Crippen molar-refractivity contribution in [2.24, 2.45) is 34.5 Å². The first-order valence-corrected chi connectivity index (χ1v) is 34.1. The molecule has 5 bridgehead atoms. The number of halogens is 3. The Hall–Kier alpha value is -10.8. The summed E-state index contributed by atoms with van der Waals surface area (Å²) in [5.41, 5.74) is 5.07. The Kier molecular flexibility index (Phi) is 25.1. The van der Waals surface area contributed by atoms with Gasteiger partial charge >= 0.3 is 29.9 Å². The van der Waals surface area contributed by atoms with Gasteiger partial charge in [0.25, 0.3) is 17.6 Å². The first-order valence-electron chi connectivity index (χ1n) is 34.1. The molecule has 12 rings (SSSR count). The predicted molar refractivity (Wildman–Crippen MR) is 380 cm³/mol. The molecule has 570 valence electrons. The lowest BCUT2D eigenvalue weighted by molar-refractivity contribution is -0.389. The lowest BCUT2D eigenvalue weighted by Gasteiger charge is -2.38. The summed E-state index contributed by atoms with van der Waals surface area (Å²) in [6.07, 6.45) is 7.21. The smallest absolute Gasteiger partial charge is 0.507 e. The highest BCUT2D eigenvalue weighted by molar-refractivity contribution is 6.24. The fourth-order valence-corrected chi connectivity index (χ4v) is 12.8. The summed E-state index contributed by atoms with van der Waals surface area (Å²) in [6.45, 7) is 19.1. The molecule has 6 aliphatic rings. The van der Waals surface area contributed by atoms with Gasteiger partial charge in [-0.1, -0.05) is 45.9 Å². The minimum absolute atomic E-state index is 0.0356. The fraction of sp³-hybridized carbons (Fsp3) is 0.452. The Morgan fingerprint density at radius 3 is 2.12 bits per heavy atom. The van der Waals surface area contributed by atoms with Crippen LogP contribution in [0, 0.1) is 40.7 Å². The number of benzene rings is 4. The van der Waals surface area contributed by atoms with E-state index in [0.29, 0.717) is 31.1 Å². The maximum absolute atomic E-state index is 14.4. The van der Waals surface area contributed by atoms with E-state index in [1.807, 2.05) is 38.2 Å². The number of hydrogen-bond acceptors (Lipinski definition) is 26. The molecule has 8 heterocycles. The highest BCUT2D eigenvalue weighted by atomic mass is 19.4. The number of amides is 2. The Labute approximate surface area is 608 Å². The molecule has 0 saturated carbocycles. The SMILES string of the molecule is CO[C@H]1/C=C/O[C@@]2(C)Oc3c(C)c(O)c4c(O)c(c(/C=N/N5CCN(C)CC5)c(O)c4c3C2=O)NC(=O)/C(C)=C\C=C\[C@H](C)[C@H](O)[C@@H](C)[C@@H](O)[C@@H](C)[C@H](OC(C)=O)[C@@H]1C.C[C@]1(COc2ccc(N3CCC(Oc4ccc(OC(F)(F)F)cc4)CC3)cc2)Cn2cc([N+](=O)[O-])nc2O1.NC(=O)c1cnccn1. The van der Waals surface area contributed by atoms with E-state index in [0.717, 1.165) is 44.7 Å². The molecule has 10 atom stereocenters. The van der Waals surface area contributed by atoms with Gasteiger partial charge in [0.1, 0.15) is 65.2 Å². The molecule has 30 nitrogen and oxygen atoms in total. The van der Waals surface area contributed by atoms with Gasteiger partial charge in [0, 0.05) is 136 Å². The standard InChI is InChI=1S/C43H58N4O12.C25H25F3N4O6.C5H5N3O/c1-21-12-11-13-22(2)42(55)45-33-28(20-44-47-17-15-46(9)16-18-47)37(52)30-31(38(33)53)36(51)26(6)40-32(30)41(54)43(8,59-40)57-19-14-29(56-10)23(3)39(58-27(7)48)25(5)35(50)24(4)34(21)49;1-24(15-31-14-22(32(33)34)29-23(31)38-24)16-35-18-4-2-17(3-5-18)30-12-10-20(11-13-30)36-19-6-8-21(9-7-19)37-25(26,27)28;6-5(9)4-3-7-1-2-8-4/h11-14,19-21,23-25,29,34-35,39,49-53H,15-18H2,1-10H3,(H,45,55);2-9,14,20H,10-13,15-16H2,1H3;1-3H,(H2,6,9)/b12-11+,19-14+,22-13-,44-20+;;/t21-,23+,24+,25+,29-,34-,35+,39+,43-;24-;/m01./s1. The van der Waals surface area contributed by atoms with Crippen LogP contribution in [-0.4, -0.2) is 198 Å². The molecular formula is C73H88F3N11O19. The molecule has 106 heavy (non-hydrogen) atoms. The number of ketones is 1. The van der Waals surface area contributed by atoms with Crippen LogP contribution in [-0.2, 0) is 30.3 Å². The molecule has 8 N–H and O–H groups in total. The number of phenols is 3. The van der Waals surface area contributed by atoms with Crippen LogP contribution in [0.3, 0.4) is 0 Å². The number of hydrazone groups is 1. The van der Waals surface area contributed by atoms with Crippen LogP contribution >= 0.6 is 0 Å². The Morgan fingerprint density at radius 2 is 1.53 bits per heavy atom. The molecule has 0 spiro atoms. The van der Waals surface area contributed by atoms with Gasteiger partial charge in [-0.25, -0.2) is 4.98 Å². The molecule has 0 unspecified atom stereocenters. The second-order valence-corrected chi connectivity index (χ2v) is 27.0. The first-order chi connectivity index (χ1) is 50.1. The highest BCUT2D eigenvalue weighted by Gasteiger charge is 2.50. The maximum Gasteiger partial charge on any atom is 0.573 e. The van der Waals surface area contributed by atoms with Gasteiger partial charge in [0.2, 0.25) is 0 Å². The third kappa shape index (κ3) is 18.8. The number of carbonyl (C=O) groups is 4. The number of rotatable bonds is 13. The van der Waals surface area contributed by atoms with E-state index in [1.165, 1.54) is 108 Å². The number of phenolic OH excluding ortho intramolecular Hbond substituents is 3. The maximum atomic E-state index is 14.4. The number of aromatic hydroxyl groups is 3. The molecule has 33 heteroatoms. The molecule has 0 aliphatic carbocycles. The number of nitrogens with one attached hydrogen (secondary N) is 1. The molecule has 2 saturated heterocycles. The van der Waals surface area contributed by atoms with Crippen LogP contribution in [0.1, 0.15) is 100 Å². The van der Waals surface area contributed by atoms with Gasteiger partial charge in [-0.3, -0.25) is 33.7 Å². The number of ether oxygens (including phenoxy) is 8. The van der Waals surface area contributed by atoms with Crippen LogP contribution in [0.25, 0.3) is 10.8 Å². The number of fused-ring (bicyclic) bond motifs is 15. The van der Waals surface area contributed by atoms with Crippen molar-refractivity contribution in [2.45, 2.75) is 130 Å². The molecule has 6 aromatic rings. The number of piperazine rings is 1. The number of piperidine rings is 1. The zero-order valence-corrected chi connectivity index (χ0v) is 60.3. The summed E-state index contributed by atoms with van der Waals surface area (Å²) in [5.74, 6) is -8.25. The van der Waals surface area contributed by atoms with Crippen molar-refractivity contribution in [1.29, 1.82) is 0 Å². The second-order valence-electron chi connectivity index (χ2n) is 27.0. The number of Topliss-reactive ketones (excluding diaryl/α,β-unsaturated/α-hetero) is 1. The van der Waals surface area contributed by atoms with E-state index < -0.39 is 112 Å². The number of esters is 1. The normalized spacial score (nSPS) is 25.6. The van der Waals surface area contributed by atoms with Crippen LogP contribution in [0.2, 0.25) is 0 Å². The molecule has 6 aliphatic heterocycles. The lowest BCUT2D eigenvalue weighted by Crippen LogP contribution is -2.46. The highest BCUT2D eigenvalue weighted by Crippen LogP contribution is 2.55. The summed E-state index contributed by atoms with van der Waals surface area (Å²) < 4.78 is 83.7. The molecule has 0 radical (unpaired) electrons. The van der Waals surface area contributed by atoms with E-state index in [1.54, 1.807) is 49.4 Å². The van der Waals surface area contributed by atoms with Crippen LogP contribution < -0.4 is 39.6 Å². The number of methoxy groups -OCH3 is 1. The number of likely N-dealkylation sites (N-methyl/N-ethyl adjacent to an activating group) is 1. The number of nitro groups is 1. The fourth-order valence-electron chi connectivity index (χ4n) is 12.8. The average Bonchev–Trinajstić information content (AvgIpc) is 1.48. The first kappa shape index (κ1) is 79.3. The van der Waals surface area contributed by atoms with Crippen LogP contribution in [0.5, 0.6) is 46.3 Å². The van der Waals surface area contributed by atoms with Gasteiger partial charge in [0.05, 0.1) is 65.7 Å². The van der Waals surface area contributed by atoms with E-state index in [2.05, 4.69) is 39.9 Å². The van der Waals surface area contributed by atoms with Crippen molar-refractivity contribution < 1.29 is 101 Å². The van der Waals surface area contributed by atoms with Crippen molar-refractivity contribution >= 4 is 57.7 Å². The van der Waals surface area contributed by atoms with Crippen LogP contribution in [0.15, 0.2) is 115 Å². The number of nitrogens with zero attached hydrogens (tertiary/aromatic N) is 9. The Bertz CT molecular complexity index is 4250. The summed E-state index contributed by atoms with van der Waals surface area (Å²) in [4.78, 5) is 76.6. The number of imidazole rings is 1. The number of aliphatic hydroxyl groups excluding tert-OH is 2. The average molecular weight is 1480 g/mol. The number of aliphatic hydroxyl groups is 2. The quantitative estimate of drug-likeness (QED) is 0.0142. The van der Waals surface area contributed by atoms with Crippen LogP contribution in [0.4, 0.5) is 30.4 Å². The molecule has 2 fully saturated rings. The summed E-state index contributed by atoms with van der Waals surface area (Å²) in [5, 5.41) is 77.7. The number of anilines is 2. The van der Waals surface area contributed by atoms with E-state index in [-0.39, 0.29) is 80.5 Å². The molecule has 2 aromatic heterocycles. The molecule has 4 aromatic carbocycles. The minimum atomic E-state index is -4.72. The largest absolute Gasteiger partial charge is 0.573 e. The monoisotopic (exact) mass is 1480 g/mol. The zero-order chi connectivity index (χ0) is 77.3. The number of nitrogens with two attached hydrogens (primary N) is 1. The third-order valence-corrected chi connectivity index (χ3v) is 19.0. The Balaban J connectivity index is 0.000000234. The zero-order valence-electron chi connectivity index (χ0n) is 60.3. The lowest BCUT2D eigenvalue weighted by atomic mass is 9.78. The molecule has 2 amide bonds. The summed E-state index contributed by atoms with van der Waals surface area (Å²) in [7, 11) is 3.42. The number of primary amides is 1. The number of carbonyl (C=O) groups excluding carboxylic acids is 4. The van der Waals surface area contributed by atoms with Crippen molar-refractivity contribution in [3.05, 3.63) is 142 Å². The molecular weight excluding hydrogens is 1390 g/mol. The number of allylic oxidation sites excluding steroid dienone is 2. The van der Waals surface area contributed by atoms with Crippen molar-refractivity contribution in [2.75, 3.05) is 70.2 Å². The Morgan fingerprint density at radius 1 is 0.868 bits per heavy atom. The van der Waals surface area contributed by atoms with Gasteiger partial charge < -0.3 is 94.4 Å². The summed E-state index contributed by atoms with van der Waals surface area (Å²) >= 11 is 0. The summed E-state index contributed by atoms with van der Waals surface area (Å²) in [6, 6.07) is 13.3. The van der Waals surface area contributed by atoms with Gasteiger partial charge in [-0.15, -0.1) is 13.2 Å². The van der Waals surface area contributed by atoms with Crippen molar-refractivity contribution in [3.63, 3.8) is 0 Å². The number of aromatic nitrogens is 4. The van der Waals surface area contributed by atoms with Crippen molar-refractivity contribution in [1.82, 2.24) is 29.4 Å².